The maximum atomic E-state index is 12.6. The van der Waals surface area contributed by atoms with E-state index in [-0.39, 0.29) is 12.3 Å². The summed E-state index contributed by atoms with van der Waals surface area (Å²) in [6.07, 6.45) is 0.189. The fourth-order valence-corrected chi connectivity index (χ4v) is 3.86. The third-order valence-electron chi connectivity index (χ3n) is 3.80. The van der Waals surface area contributed by atoms with Gasteiger partial charge in [0.2, 0.25) is 5.91 Å². The molecule has 1 amide bonds. The first kappa shape index (κ1) is 20.4. The van der Waals surface area contributed by atoms with Gasteiger partial charge in [-0.25, -0.2) is 4.98 Å². The lowest BCUT2D eigenvalue weighted by atomic mass is 10.2. The van der Waals surface area contributed by atoms with Gasteiger partial charge < -0.3 is 14.8 Å². The molecule has 0 aliphatic rings. The zero-order chi connectivity index (χ0) is 19.9. The summed E-state index contributed by atoms with van der Waals surface area (Å²) in [5.74, 6) is 1.15. The van der Waals surface area contributed by atoms with Gasteiger partial charge in [-0.1, -0.05) is 28.1 Å². The molecule has 0 radical (unpaired) electrons. The average molecular weight is 461 g/mol. The first-order valence-corrected chi connectivity index (χ1v) is 10.7. The molecule has 0 bridgehead atoms. The molecule has 28 heavy (non-hydrogen) atoms. The summed E-state index contributed by atoms with van der Waals surface area (Å²) in [7, 11) is 0. The van der Waals surface area contributed by atoms with Crippen LogP contribution in [0.2, 0.25) is 0 Å². The highest BCUT2D eigenvalue weighted by Gasteiger charge is 2.13. The number of anilines is 1. The third kappa shape index (κ3) is 5.33. The van der Waals surface area contributed by atoms with E-state index in [0.29, 0.717) is 30.4 Å². The second kappa shape index (κ2) is 9.71. The van der Waals surface area contributed by atoms with Gasteiger partial charge >= 0.3 is 0 Å². The van der Waals surface area contributed by atoms with E-state index in [1.165, 1.54) is 11.3 Å². The van der Waals surface area contributed by atoms with Crippen LogP contribution < -0.4 is 14.8 Å². The van der Waals surface area contributed by atoms with E-state index in [1.807, 2.05) is 49.6 Å². The van der Waals surface area contributed by atoms with Crippen molar-refractivity contribution in [1.29, 1.82) is 0 Å². The van der Waals surface area contributed by atoms with Crippen molar-refractivity contribution >= 4 is 38.9 Å². The molecule has 7 heteroatoms. The normalized spacial score (nSPS) is 10.5. The number of amides is 1. The number of carbonyl (C=O) groups is 1. The molecule has 5 nitrogen and oxygen atoms in total. The van der Waals surface area contributed by atoms with Crippen LogP contribution in [-0.2, 0) is 11.2 Å². The lowest BCUT2D eigenvalue weighted by Gasteiger charge is -2.13. The highest BCUT2D eigenvalue weighted by molar-refractivity contribution is 9.10. The van der Waals surface area contributed by atoms with Crippen LogP contribution in [0.3, 0.4) is 0 Å². The topological polar surface area (TPSA) is 60.5 Å². The van der Waals surface area contributed by atoms with E-state index in [9.17, 15) is 4.79 Å². The Bertz CT molecular complexity index is 958. The van der Waals surface area contributed by atoms with Gasteiger partial charge in [-0.05, 0) is 38.1 Å². The van der Waals surface area contributed by atoms with Crippen LogP contribution in [-0.4, -0.2) is 24.1 Å². The SMILES string of the molecule is CCOc1ccc(OCC)c(NC(=O)Cc2csc(-c3cccc(Br)c3)n2)c1. The fourth-order valence-electron chi connectivity index (χ4n) is 2.65. The van der Waals surface area contributed by atoms with Crippen LogP contribution in [0.4, 0.5) is 5.69 Å². The summed E-state index contributed by atoms with van der Waals surface area (Å²) in [5.41, 5.74) is 2.35. The number of nitrogens with zero attached hydrogens (tertiary/aromatic N) is 1. The van der Waals surface area contributed by atoms with Gasteiger partial charge in [-0.2, -0.15) is 0 Å². The Morgan fingerprint density at radius 3 is 2.71 bits per heavy atom. The molecule has 0 saturated carbocycles. The van der Waals surface area contributed by atoms with Crippen LogP contribution in [0.25, 0.3) is 10.6 Å². The molecule has 1 heterocycles. The van der Waals surface area contributed by atoms with Crippen LogP contribution in [0.5, 0.6) is 11.5 Å². The van der Waals surface area contributed by atoms with E-state index < -0.39 is 0 Å². The van der Waals surface area contributed by atoms with Gasteiger partial charge in [0.1, 0.15) is 16.5 Å². The fraction of sp³-hybridized carbons (Fsp3) is 0.238. The summed E-state index contributed by atoms with van der Waals surface area (Å²) < 4.78 is 12.1. The van der Waals surface area contributed by atoms with Crippen LogP contribution in [0, 0.1) is 0 Å². The van der Waals surface area contributed by atoms with Crippen molar-refractivity contribution in [2.75, 3.05) is 18.5 Å². The highest BCUT2D eigenvalue weighted by atomic mass is 79.9. The molecule has 3 rings (SSSR count). The van der Waals surface area contributed by atoms with E-state index in [4.69, 9.17) is 9.47 Å². The molecule has 1 aromatic heterocycles. The number of nitrogens with one attached hydrogen (secondary N) is 1. The number of rotatable bonds is 8. The number of hydrogen-bond acceptors (Lipinski definition) is 5. The van der Waals surface area contributed by atoms with Crippen molar-refractivity contribution in [2.24, 2.45) is 0 Å². The Morgan fingerprint density at radius 1 is 1.14 bits per heavy atom. The second-order valence-electron chi connectivity index (χ2n) is 5.90. The molecule has 0 unspecified atom stereocenters. The molecule has 1 N–H and O–H groups in total. The van der Waals surface area contributed by atoms with Crippen molar-refractivity contribution in [3.8, 4) is 22.1 Å². The van der Waals surface area contributed by atoms with Gasteiger partial charge in [-0.3, -0.25) is 4.79 Å². The first-order valence-electron chi connectivity index (χ1n) is 8.99. The van der Waals surface area contributed by atoms with Gasteiger partial charge in [0, 0.05) is 21.5 Å². The van der Waals surface area contributed by atoms with Crippen LogP contribution in [0.15, 0.2) is 52.3 Å². The smallest absolute Gasteiger partial charge is 0.230 e. The minimum absolute atomic E-state index is 0.152. The number of aromatic nitrogens is 1. The van der Waals surface area contributed by atoms with E-state index in [1.54, 1.807) is 12.1 Å². The zero-order valence-electron chi connectivity index (χ0n) is 15.7. The van der Waals surface area contributed by atoms with Crippen molar-refractivity contribution in [3.05, 3.63) is 58.0 Å². The summed E-state index contributed by atoms with van der Waals surface area (Å²) in [6, 6.07) is 13.4. The number of ether oxygens (including phenoxy) is 2. The Kier molecular flexibility index (Phi) is 7.06. The van der Waals surface area contributed by atoms with Gasteiger partial charge in [0.05, 0.1) is 31.0 Å². The first-order chi connectivity index (χ1) is 13.6. The summed E-state index contributed by atoms with van der Waals surface area (Å²) in [5, 5.41) is 5.71. The lowest BCUT2D eigenvalue weighted by Crippen LogP contribution is -2.15. The largest absolute Gasteiger partial charge is 0.494 e. The van der Waals surface area contributed by atoms with Crippen LogP contribution >= 0.6 is 27.3 Å². The standard InChI is InChI=1S/C21H21BrN2O3S/c1-3-26-17-8-9-19(27-4-2)18(12-17)24-20(25)11-16-13-28-21(23-16)14-6-5-7-15(22)10-14/h5-10,12-13H,3-4,11H2,1-2H3,(H,24,25). The predicted octanol–water partition coefficient (Wildman–Crippen LogP) is 5.55. The molecular formula is C21H21BrN2O3S. The summed E-state index contributed by atoms with van der Waals surface area (Å²) in [4.78, 5) is 17.1. The molecular weight excluding hydrogens is 440 g/mol. The second-order valence-corrected chi connectivity index (χ2v) is 7.68. The molecule has 0 saturated heterocycles. The number of halogens is 1. The molecule has 2 aromatic carbocycles. The van der Waals surface area contributed by atoms with Gasteiger partial charge in [-0.15, -0.1) is 11.3 Å². The average Bonchev–Trinajstić information content (AvgIpc) is 3.12. The molecule has 146 valence electrons. The number of thiazole rings is 1. The third-order valence-corrected chi connectivity index (χ3v) is 5.23. The molecule has 0 aliphatic heterocycles. The van der Waals surface area contributed by atoms with Gasteiger partial charge in [0.25, 0.3) is 0 Å². The maximum absolute atomic E-state index is 12.6. The van der Waals surface area contributed by atoms with Crippen LogP contribution in [0.1, 0.15) is 19.5 Å². The maximum Gasteiger partial charge on any atom is 0.230 e. The van der Waals surface area contributed by atoms with Crippen molar-refractivity contribution in [3.63, 3.8) is 0 Å². The summed E-state index contributed by atoms with van der Waals surface area (Å²) in [6.45, 7) is 4.89. The minimum Gasteiger partial charge on any atom is -0.494 e. The quantitative estimate of drug-likeness (QED) is 0.478. The van der Waals surface area contributed by atoms with E-state index in [0.717, 1.165) is 20.7 Å². The van der Waals surface area contributed by atoms with Crippen molar-refractivity contribution in [1.82, 2.24) is 4.98 Å². The summed E-state index contributed by atoms with van der Waals surface area (Å²) >= 11 is 4.99. The van der Waals surface area contributed by atoms with E-state index >= 15 is 0 Å². The Balaban J connectivity index is 1.71. The number of benzene rings is 2. The minimum atomic E-state index is -0.152. The molecule has 0 aliphatic carbocycles. The monoisotopic (exact) mass is 460 g/mol. The van der Waals surface area contributed by atoms with Crippen molar-refractivity contribution < 1.29 is 14.3 Å². The number of carbonyl (C=O) groups excluding carboxylic acids is 1. The highest BCUT2D eigenvalue weighted by Crippen LogP contribution is 2.30. The number of hydrogen-bond donors (Lipinski definition) is 1. The predicted molar refractivity (Wildman–Crippen MR) is 116 cm³/mol. The Hall–Kier alpha value is -2.38. The molecule has 3 aromatic rings. The lowest BCUT2D eigenvalue weighted by molar-refractivity contribution is -0.115. The Labute approximate surface area is 176 Å². The van der Waals surface area contributed by atoms with Crippen molar-refractivity contribution in [2.45, 2.75) is 20.3 Å². The molecule has 0 fully saturated rings. The Morgan fingerprint density at radius 2 is 1.96 bits per heavy atom. The van der Waals surface area contributed by atoms with Gasteiger partial charge in [0.15, 0.2) is 0 Å². The van der Waals surface area contributed by atoms with E-state index in [2.05, 4.69) is 26.2 Å². The molecule has 0 spiro atoms. The molecule has 0 atom stereocenters. The zero-order valence-corrected chi connectivity index (χ0v) is 18.1.